The summed E-state index contributed by atoms with van der Waals surface area (Å²) >= 11 is 0. The van der Waals surface area contributed by atoms with Crippen LogP contribution in [0.2, 0.25) is 0 Å². The lowest BCUT2D eigenvalue weighted by molar-refractivity contribution is 0.102. The SMILES string of the molecule is CCc1ccccc1NC(=O)c1cc2nccc(-c3cnn(C)c3C)n2n1. The van der Waals surface area contributed by atoms with E-state index in [1.165, 1.54) is 0 Å². The van der Waals surface area contributed by atoms with Crippen molar-refractivity contribution in [3.05, 3.63) is 65.7 Å². The molecule has 3 aromatic heterocycles. The summed E-state index contributed by atoms with van der Waals surface area (Å²) < 4.78 is 3.49. The Labute approximate surface area is 156 Å². The van der Waals surface area contributed by atoms with Gasteiger partial charge in [0.15, 0.2) is 11.3 Å². The van der Waals surface area contributed by atoms with Gasteiger partial charge in [0, 0.05) is 36.3 Å². The molecule has 0 spiro atoms. The van der Waals surface area contributed by atoms with Crippen molar-refractivity contribution in [2.24, 2.45) is 7.05 Å². The molecule has 3 heterocycles. The molecular formula is C20H20N6O. The van der Waals surface area contributed by atoms with Crippen LogP contribution in [0.25, 0.3) is 16.9 Å². The molecule has 0 radical (unpaired) electrons. The fraction of sp³-hybridized carbons (Fsp3) is 0.200. The second-order valence-corrected chi connectivity index (χ2v) is 6.36. The maximum Gasteiger partial charge on any atom is 0.276 e. The first-order valence-corrected chi connectivity index (χ1v) is 8.81. The summed E-state index contributed by atoms with van der Waals surface area (Å²) in [5.74, 6) is -0.254. The van der Waals surface area contributed by atoms with Gasteiger partial charge in [-0.15, -0.1) is 0 Å². The second kappa shape index (κ2) is 6.68. The van der Waals surface area contributed by atoms with Crippen molar-refractivity contribution in [1.29, 1.82) is 0 Å². The normalized spacial score (nSPS) is 11.1. The highest BCUT2D eigenvalue weighted by atomic mass is 16.1. The number of benzene rings is 1. The first-order valence-electron chi connectivity index (χ1n) is 8.81. The molecule has 7 heteroatoms. The zero-order valence-electron chi connectivity index (χ0n) is 15.5. The van der Waals surface area contributed by atoms with Crippen molar-refractivity contribution in [2.75, 3.05) is 5.32 Å². The average molecular weight is 360 g/mol. The minimum absolute atomic E-state index is 0.254. The molecule has 0 atom stereocenters. The van der Waals surface area contributed by atoms with Crippen LogP contribution in [0, 0.1) is 6.92 Å². The lowest BCUT2D eigenvalue weighted by Crippen LogP contribution is -2.14. The number of anilines is 1. The Bertz CT molecular complexity index is 1140. The summed E-state index contributed by atoms with van der Waals surface area (Å²) in [5.41, 5.74) is 5.64. The molecule has 4 aromatic rings. The number of fused-ring (bicyclic) bond motifs is 1. The standard InChI is InChI=1S/C20H20N6O/c1-4-14-7-5-6-8-16(14)23-20(27)17-11-19-21-10-9-18(26(19)24-17)15-12-22-25(3)13(15)2/h5-12H,4H2,1-3H3,(H,23,27). The van der Waals surface area contributed by atoms with Crippen molar-refractivity contribution in [1.82, 2.24) is 24.4 Å². The van der Waals surface area contributed by atoms with Crippen molar-refractivity contribution in [2.45, 2.75) is 20.3 Å². The minimum Gasteiger partial charge on any atom is -0.320 e. The van der Waals surface area contributed by atoms with Gasteiger partial charge in [-0.1, -0.05) is 25.1 Å². The number of carbonyl (C=O) groups excluding carboxylic acids is 1. The van der Waals surface area contributed by atoms with E-state index < -0.39 is 0 Å². The maximum absolute atomic E-state index is 12.7. The van der Waals surface area contributed by atoms with E-state index in [0.29, 0.717) is 11.3 Å². The third kappa shape index (κ3) is 2.97. The molecule has 0 bridgehead atoms. The van der Waals surface area contributed by atoms with Crippen molar-refractivity contribution in [3.8, 4) is 11.3 Å². The molecule has 1 amide bonds. The van der Waals surface area contributed by atoms with Crippen molar-refractivity contribution >= 4 is 17.2 Å². The molecule has 0 aliphatic carbocycles. The molecule has 0 aliphatic rings. The van der Waals surface area contributed by atoms with Crippen molar-refractivity contribution < 1.29 is 4.79 Å². The number of hydrogen-bond donors (Lipinski definition) is 1. The minimum atomic E-state index is -0.254. The van der Waals surface area contributed by atoms with Crippen LogP contribution in [0.3, 0.4) is 0 Å². The van der Waals surface area contributed by atoms with E-state index in [2.05, 4.69) is 27.4 Å². The van der Waals surface area contributed by atoms with E-state index in [-0.39, 0.29) is 5.91 Å². The molecule has 0 unspecified atom stereocenters. The fourth-order valence-electron chi connectivity index (χ4n) is 3.10. The molecule has 7 nitrogen and oxygen atoms in total. The van der Waals surface area contributed by atoms with Gasteiger partial charge in [0.2, 0.25) is 0 Å². The Morgan fingerprint density at radius 3 is 2.78 bits per heavy atom. The number of hydrogen-bond acceptors (Lipinski definition) is 4. The first kappa shape index (κ1) is 17.0. The van der Waals surface area contributed by atoms with Crippen LogP contribution < -0.4 is 5.32 Å². The quantitative estimate of drug-likeness (QED) is 0.606. The van der Waals surface area contributed by atoms with Gasteiger partial charge in [-0.3, -0.25) is 9.48 Å². The average Bonchev–Trinajstić information content (AvgIpc) is 3.26. The molecular weight excluding hydrogens is 340 g/mol. The number of aryl methyl sites for hydroxylation is 2. The van der Waals surface area contributed by atoms with Gasteiger partial charge in [-0.2, -0.15) is 10.2 Å². The number of amides is 1. The molecule has 4 rings (SSSR count). The molecule has 0 saturated carbocycles. The largest absolute Gasteiger partial charge is 0.320 e. The van der Waals surface area contributed by atoms with Crippen LogP contribution in [0.5, 0.6) is 0 Å². The Kier molecular flexibility index (Phi) is 4.19. The monoisotopic (exact) mass is 360 g/mol. The smallest absolute Gasteiger partial charge is 0.276 e. The topological polar surface area (TPSA) is 77.1 Å². The van der Waals surface area contributed by atoms with E-state index in [9.17, 15) is 4.79 Å². The van der Waals surface area contributed by atoms with E-state index in [1.54, 1.807) is 27.7 Å². The number of nitrogens with zero attached hydrogens (tertiary/aromatic N) is 5. The number of carbonyl (C=O) groups is 1. The second-order valence-electron chi connectivity index (χ2n) is 6.36. The highest BCUT2D eigenvalue weighted by Crippen LogP contribution is 2.23. The Morgan fingerprint density at radius 2 is 2.04 bits per heavy atom. The molecule has 1 N–H and O–H groups in total. The summed E-state index contributed by atoms with van der Waals surface area (Å²) in [6, 6.07) is 11.3. The van der Waals surface area contributed by atoms with Gasteiger partial charge in [-0.05, 0) is 31.0 Å². The summed E-state index contributed by atoms with van der Waals surface area (Å²) in [7, 11) is 1.89. The van der Waals surface area contributed by atoms with Crippen molar-refractivity contribution in [3.63, 3.8) is 0 Å². The van der Waals surface area contributed by atoms with Crippen LogP contribution in [0.15, 0.2) is 48.8 Å². The third-order valence-corrected chi connectivity index (χ3v) is 4.75. The van der Waals surface area contributed by atoms with E-state index in [0.717, 1.165) is 34.6 Å². The molecule has 1 aromatic carbocycles. The Morgan fingerprint density at radius 1 is 1.22 bits per heavy atom. The van der Waals surface area contributed by atoms with E-state index >= 15 is 0 Å². The van der Waals surface area contributed by atoms with Crippen LogP contribution in [0.4, 0.5) is 5.69 Å². The van der Waals surface area contributed by atoms with Gasteiger partial charge in [0.1, 0.15) is 0 Å². The Balaban J connectivity index is 1.73. The van der Waals surface area contributed by atoms with Crippen LogP contribution >= 0.6 is 0 Å². The van der Waals surface area contributed by atoms with Crippen LogP contribution in [-0.2, 0) is 13.5 Å². The maximum atomic E-state index is 12.7. The van der Waals surface area contributed by atoms with E-state index in [4.69, 9.17) is 0 Å². The number of nitrogens with one attached hydrogen (secondary N) is 1. The highest BCUT2D eigenvalue weighted by molar-refractivity contribution is 6.04. The Hall–Kier alpha value is -3.48. The summed E-state index contributed by atoms with van der Waals surface area (Å²) in [6.07, 6.45) is 4.35. The zero-order valence-corrected chi connectivity index (χ0v) is 15.5. The lowest BCUT2D eigenvalue weighted by Gasteiger charge is -2.08. The molecule has 0 saturated heterocycles. The zero-order chi connectivity index (χ0) is 19.0. The summed E-state index contributed by atoms with van der Waals surface area (Å²) in [6.45, 7) is 4.05. The third-order valence-electron chi connectivity index (χ3n) is 4.75. The van der Waals surface area contributed by atoms with Crippen LogP contribution in [0.1, 0.15) is 28.7 Å². The molecule has 27 heavy (non-hydrogen) atoms. The summed E-state index contributed by atoms with van der Waals surface area (Å²) in [4.78, 5) is 17.1. The number of para-hydroxylation sites is 1. The fourth-order valence-corrected chi connectivity index (χ4v) is 3.10. The van der Waals surface area contributed by atoms with Gasteiger partial charge in [-0.25, -0.2) is 9.50 Å². The van der Waals surface area contributed by atoms with Gasteiger partial charge >= 0.3 is 0 Å². The molecule has 0 aliphatic heterocycles. The van der Waals surface area contributed by atoms with Gasteiger partial charge in [0.05, 0.1) is 11.9 Å². The van der Waals surface area contributed by atoms with Gasteiger partial charge < -0.3 is 5.32 Å². The lowest BCUT2D eigenvalue weighted by atomic mass is 10.1. The van der Waals surface area contributed by atoms with Crippen LogP contribution in [-0.4, -0.2) is 30.3 Å². The number of aromatic nitrogens is 5. The number of rotatable bonds is 4. The predicted octanol–water partition coefficient (Wildman–Crippen LogP) is 3.25. The van der Waals surface area contributed by atoms with E-state index in [1.807, 2.05) is 44.3 Å². The summed E-state index contributed by atoms with van der Waals surface area (Å²) in [5, 5.41) is 11.7. The first-order chi connectivity index (χ1) is 13.1. The van der Waals surface area contributed by atoms with Gasteiger partial charge in [0.25, 0.3) is 5.91 Å². The molecule has 136 valence electrons. The highest BCUT2D eigenvalue weighted by Gasteiger charge is 2.17. The predicted molar refractivity (Wildman–Crippen MR) is 104 cm³/mol. The molecule has 0 fully saturated rings.